The van der Waals surface area contributed by atoms with Gasteiger partial charge in [0.2, 0.25) is 0 Å². The van der Waals surface area contributed by atoms with Crippen LogP contribution in [0.25, 0.3) is 0 Å². The summed E-state index contributed by atoms with van der Waals surface area (Å²) in [5, 5.41) is 0.0771. The van der Waals surface area contributed by atoms with Crippen LogP contribution in [0.2, 0.25) is 5.31 Å². The Morgan fingerprint density at radius 3 is 2.33 bits per heavy atom. The Morgan fingerprint density at radius 1 is 1.22 bits per heavy atom. The van der Waals surface area contributed by atoms with Gasteiger partial charge in [0.1, 0.15) is 0 Å². The fraction of sp³-hybridized carbons (Fsp3) is 0.600. The minimum absolute atomic E-state index is 0.0771. The van der Waals surface area contributed by atoms with E-state index in [9.17, 15) is 4.79 Å². The molecule has 96 valence electrons. The molecule has 18 heavy (non-hydrogen) atoms. The molecule has 0 atom stereocenters. The summed E-state index contributed by atoms with van der Waals surface area (Å²) in [6.45, 7) is 15.0. The molecule has 1 aromatic heterocycles. The Hall–Kier alpha value is -0.850. The molecule has 0 saturated heterocycles. The Morgan fingerprint density at radius 2 is 1.83 bits per heavy atom. The molecule has 0 unspecified atom stereocenters. The van der Waals surface area contributed by atoms with Gasteiger partial charge in [-0.05, 0) is 0 Å². The van der Waals surface area contributed by atoms with E-state index in [1.807, 2.05) is 5.96 Å². The summed E-state index contributed by atoms with van der Waals surface area (Å²) in [6, 6.07) is 2.08. The van der Waals surface area contributed by atoms with Crippen molar-refractivity contribution in [2.24, 2.45) is 0 Å². The Bertz CT molecular complexity index is 425. The first-order chi connectivity index (χ1) is 8.09. The molecule has 0 aromatic carbocycles. The Labute approximate surface area is 113 Å². The monoisotopic (exact) mass is 242 g/mol. The Balaban J connectivity index is 2.89. The van der Waals surface area contributed by atoms with Crippen LogP contribution in [0.1, 0.15) is 52.7 Å². The van der Waals surface area contributed by atoms with Crippen LogP contribution in [0.15, 0.2) is 18.0 Å². The maximum atomic E-state index is 12.1. The van der Waals surface area contributed by atoms with Crippen molar-refractivity contribution in [1.29, 1.82) is 0 Å². The summed E-state index contributed by atoms with van der Waals surface area (Å²) in [5.74, 6) is 4.16. The van der Waals surface area contributed by atoms with Gasteiger partial charge < -0.3 is 0 Å². The first-order valence-electron chi connectivity index (χ1n) is 6.70. The Kier molecular flexibility index (Phi) is 4.58. The molecule has 0 spiro atoms. The SMILES string of the molecule is CC(C)(C)BC(=O)Cc1ccbcc1C(C)(C)C. The second-order valence-electron chi connectivity index (χ2n) is 7.36. The van der Waals surface area contributed by atoms with Gasteiger partial charge in [-0.15, -0.1) is 0 Å². The normalized spacial score (nSPS) is 12.1. The van der Waals surface area contributed by atoms with E-state index in [4.69, 9.17) is 0 Å². The zero-order chi connectivity index (χ0) is 14.0. The number of rotatable bonds is 3. The molecular weight excluding hydrogens is 218 g/mol. The molecule has 1 rings (SSSR count). The van der Waals surface area contributed by atoms with Gasteiger partial charge in [0.05, 0.1) is 0 Å². The van der Waals surface area contributed by atoms with Crippen molar-refractivity contribution in [1.82, 2.24) is 0 Å². The fourth-order valence-electron chi connectivity index (χ4n) is 2.27. The first kappa shape index (κ1) is 15.2. The van der Waals surface area contributed by atoms with Crippen LogP contribution in [0.5, 0.6) is 0 Å². The standard InChI is InChI=1S/C15H24B2O/c1-14(2,3)12-10-16-8-7-11(12)9-13(18)17-15(4,5)6/h7-8,10,17H,9H2,1-6H3. The van der Waals surface area contributed by atoms with E-state index in [1.165, 1.54) is 11.1 Å². The van der Waals surface area contributed by atoms with E-state index in [0.29, 0.717) is 19.4 Å². The van der Waals surface area contributed by atoms with Crippen LogP contribution in [0, 0.1) is 0 Å². The molecule has 0 aliphatic carbocycles. The summed E-state index contributed by atoms with van der Waals surface area (Å²) >= 11 is 0. The van der Waals surface area contributed by atoms with Crippen LogP contribution in [-0.2, 0) is 16.6 Å². The van der Waals surface area contributed by atoms with Gasteiger partial charge in [-0.3, -0.25) is 0 Å². The molecule has 1 aromatic rings. The molecule has 0 aliphatic heterocycles. The maximum absolute atomic E-state index is 12.1. The molecule has 0 saturated carbocycles. The van der Waals surface area contributed by atoms with Gasteiger partial charge in [-0.1, -0.05) is 0 Å². The van der Waals surface area contributed by atoms with Crippen molar-refractivity contribution in [2.75, 3.05) is 0 Å². The third kappa shape index (κ3) is 4.80. The molecule has 0 radical (unpaired) electrons. The molecular formula is C15H24B2O. The molecule has 0 amide bonds. The number of carbonyl (C=O) groups is 1. The topological polar surface area (TPSA) is 17.1 Å². The van der Waals surface area contributed by atoms with Crippen molar-refractivity contribution in [3.05, 3.63) is 29.1 Å². The van der Waals surface area contributed by atoms with Crippen molar-refractivity contribution in [3.63, 3.8) is 0 Å². The van der Waals surface area contributed by atoms with Crippen LogP contribution in [0.3, 0.4) is 0 Å². The molecule has 0 bridgehead atoms. The van der Waals surface area contributed by atoms with E-state index < -0.39 is 0 Å². The van der Waals surface area contributed by atoms with Gasteiger partial charge in [0, 0.05) is 0 Å². The summed E-state index contributed by atoms with van der Waals surface area (Å²) < 4.78 is 0. The zero-order valence-corrected chi connectivity index (χ0v) is 12.6. The molecule has 0 N–H and O–H groups in total. The van der Waals surface area contributed by atoms with Crippen molar-refractivity contribution < 1.29 is 4.79 Å². The van der Waals surface area contributed by atoms with Crippen molar-refractivity contribution >= 4 is 19.9 Å². The van der Waals surface area contributed by atoms with Gasteiger partial charge in [0.15, 0.2) is 0 Å². The number of carbonyl (C=O) groups excluding carboxylic acids is 1. The van der Waals surface area contributed by atoms with Crippen molar-refractivity contribution in [3.8, 4) is 0 Å². The van der Waals surface area contributed by atoms with Crippen LogP contribution < -0.4 is 0 Å². The fourth-order valence-corrected chi connectivity index (χ4v) is 2.27. The second-order valence-corrected chi connectivity index (χ2v) is 7.36. The summed E-state index contributed by atoms with van der Waals surface area (Å²) in [7, 11) is 0.644. The summed E-state index contributed by atoms with van der Waals surface area (Å²) in [6.07, 6.45) is 0.560. The van der Waals surface area contributed by atoms with Crippen LogP contribution in [0.4, 0.5) is 0 Å². The average Bonchev–Trinajstić information content (AvgIpc) is 2.13. The molecule has 0 fully saturated rings. The molecule has 0 aliphatic rings. The van der Waals surface area contributed by atoms with E-state index >= 15 is 0 Å². The van der Waals surface area contributed by atoms with E-state index in [0.717, 1.165) is 0 Å². The van der Waals surface area contributed by atoms with E-state index in [2.05, 4.69) is 60.5 Å². The van der Waals surface area contributed by atoms with Gasteiger partial charge in [-0.2, -0.15) is 0 Å². The zero-order valence-electron chi connectivity index (χ0n) is 12.6. The summed E-state index contributed by atoms with van der Waals surface area (Å²) in [5.41, 5.74) is 2.89. The molecule has 1 nitrogen and oxygen atoms in total. The molecule has 3 heteroatoms. The van der Waals surface area contributed by atoms with Crippen molar-refractivity contribution in [2.45, 2.75) is 58.7 Å². The van der Waals surface area contributed by atoms with Crippen LogP contribution in [-0.4, -0.2) is 19.9 Å². The average molecular weight is 242 g/mol. The second kappa shape index (κ2) is 5.42. The quantitative estimate of drug-likeness (QED) is 0.744. The van der Waals surface area contributed by atoms with E-state index in [-0.39, 0.29) is 10.7 Å². The minimum atomic E-state index is 0.0771. The number of hydrogen-bond acceptors (Lipinski definition) is 1. The number of hydrogen-bond donors (Lipinski definition) is 0. The van der Waals surface area contributed by atoms with Gasteiger partial charge >= 0.3 is 112 Å². The van der Waals surface area contributed by atoms with Gasteiger partial charge in [0.25, 0.3) is 0 Å². The predicted octanol–water partition coefficient (Wildman–Crippen LogP) is 3.05. The predicted molar refractivity (Wildman–Crippen MR) is 82.1 cm³/mol. The van der Waals surface area contributed by atoms with Crippen LogP contribution >= 0.6 is 0 Å². The first-order valence-corrected chi connectivity index (χ1v) is 6.70. The third-order valence-corrected chi connectivity index (χ3v) is 2.94. The summed E-state index contributed by atoms with van der Waals surface area (Å²) in [4.78, 5) is 12.1. The van der Waals surface area contributed by atoms with Gasteiger partial charge in [-0.25, -0.2) is 0 Å². The van der Waals surface area contributed by atoms with E-state index in [1.54, 1.807) is 0 Å². The molecule has 1 heterocycles. The third-order valence-electron chi connectivity index (χ3n) is 2.94.